The number of anilines is 1. The zero-order valence-electron chi connectivity index (χ0n) is 17.5. The van der Waals surface area contributed by atoms with Gasteiger partial charge in [-0.25, -0.2) is 0 Å². The van der Waals surface area contributed by atoms with Crippen molar-refractivity contribution in [3.63, 3.8) is 0 Å². The normalized spacial score (nSPS) is 13.4. The van der Waals surface area contributed by atoms with Crippen LogP contribution in [0, 0.1) is 0 Å². The van der Waals surface area contributed by atoms with Gasteiger partial charge in [0.25, 0.3) is 0 Å². The first kappa shape index (κ1) is 21.3. The van der Waals surface area contributed by atoms with Gasteiger partial charge in [-0.1, -0.05) is 48.5 Å². The third-order valence-corrected chi connectivity index (χ3v) is 6.54. The van der Waals surface area contributed by atoms with E-state index in [1.54, 1.807) is 0 Å². The van der Waals surface area contributed by atoms with Crippen molar-refractivity contribution in [3.05, 3.63) is 89.5 Å². The van der Waals surface area contributed by atoms with Crippen LogP contribution in [0.25, 0.3) is 0 Å². The fourth-order valence-corrected chi connectivity index (χ4v) is 4.71. The van der Waals surface area contributed by atoms with Crippen LogP contribution >= 0.6 is 11.8 Å². The molecule has 0 amide bonds. The highest BCUT2D eigenvalue weighted by atomic mass is 32.2. The van der Waals surface area contributed by atoms with Crippen LogP contribution in [0.2, 0.25) is 0 Å². The van der Waals surface area contributed by atoms with Crippen molar-refractivity contribution in [1.82, 2.24) is 0 Å². The molecule has 0 atom stereocenters. The molecule has 0 aliphatic carbocycles. The zero-order valence-corrected chi connectivity index (χ0v) is 18.3. The monoisotopic (exact) mass is 433 g/mol. The average molecular weight is 434 g/mol. The summed E-state index contributed by atoms with van der Waals surface area (Å²) in [6, 6.07) is 25.0. The number of aliphatic carboxylic acids is 1. The number of benzene rings is 3. The van der Waals surface area contributed by atoms with Crippen LogP contribution < -0.4 is 9.64 Å². The largest absolute Gasteiger partial charge is 0.489 e. The van der Waals surface area contributed by atoms with Crippen LogP contribution in [0.1, 0.15) is 29.5 Å². The second-order valence-corrected chi connectivity index (χ2v) is 8.87. The van der Waals surface area contributed by atoms with Crippen molar-refractivity contribution in [2.75, 3.05) is 17.2 Å². The lowest BCUT2D eigenvalue weighted by Crippen LogP contribution is -2.23. The molecule has 3 aromatic carbocycles. The van der Waals surface area contributed by atoms with E-state index in [4.69, 9.17) is 9.84 Å². The van der Waals surface area contributed by atoms with Gasteiger partial charge in [0.1, 0.15) is 12.4 Å². The fraction of sp³-hybridized carbons (Fsp3) is 0.269. The van der Waals surface area contributed by atoms with Gasteiger partial charge in [-0.05, 0) is 59.6 Å². The molecule has 5 heteroatoms. The molecular formula is C26H27NO3S. The highest BCUT2D eigenvalue weighted by molar-refractivity contribution is 7.99. The number of rotatable bonds is 8. The molecule has 4 nitrogen and oxygen atoms in total. The Balaban J connectivity index is 1.32. The minimum Gasteiger partial charge on any atom is -0.489 e. The van der Waals surface area contributed by atoms with Crippen molar-refractivity contribution in [3.8, 4) is 5.75 Å². The maximum Gasteiger partial charge on any atom is 0.303 e. The Morgan fingerprint density at radius 3 is 2.42 bits per heavy atom. The van der Waals surface area contributed by atoms with Gasteiger partial charge < -0.3 is 14.7 Å². The van der Waals surface area contributed by atoms with Gasteiger partial charge in [-0.15, -0.1) is 11.8 Å². The van der Waals surface area contributed by atoms with E-state index in [2.05, 4.69) is 53.4 Å². The zero-order chi connectivity index (χ0) is 21.5. The SMILES string of the molecule is O=C(O)CCc1ccc(OCc2ccc(CN3CCCSc4ccccc43)cc2)cc1. The van der Waals surface area contributed by atoms with Gasteiger partial charge in [-0.2, -0.15) is 0 Å². The van der Waals surface area contributed by atoms with E-state index in [0.717, 1.165) is 30.0 Å². The number of aryl methyl sites for hydroxylation is 1. The number of hydrogen-bond donors (Lipinski definition) is 1. The Bertz CT molecular complexity index is 1000. The smallest absolute Gasteiger partial charge is 0.303 e. The van der Waals surface area contributed by atoms with Crippen LogP contribution in [0.4, 0.5) is 5.69 Å². The van der Waals surface area contributed by atoms with E-state index in [0.29, 0.717) is 13.0 Å². The molecule has 0 spiro atoms. The van der Waals surface area contributed by atoms with E-state index < -0.39 is 5.97 Å². The second kappa shape index (κ2) is 10.4. The fourth-order valence-electron chi connectivity index (χ4n) is 3.69. The van der Waals surface area contributed by atoms with Crippen molar-refractivity contribution in [2.45, 2.75) is 37.3 Å². The number of para-hydroxylation sites is 1. The lowest BCUT2D eigenvalue weighted by molar-refractivity contribution is -0.136. The molecule has 3 aromatic rings. The lowest BCUT2D eigenvalue weighted by Gasteiger charge is -2.24. The van der Waals surface area contributed by atoms with Gasteiger partial charge >= 0.3 is 5.97 Å². The molecule has 0 radical (unpaired) electrons. The third-order valence-electron chi connectivity index (χ3n) is 5.39. The van der Waals surface area contributed by atoms with Gasteiger partial charge in [0.15, 0.2) is 0 Å². The quantitative estimate of drug-likeness (QED) is 0.488. The first-order valence-electron chi connectivity index (χ1n) is 10.7. The Labute approximate surface area is 187 Å². The number of carboxylic acid groups (broad SMARTS) is 1. The highest BCUT2D eigenvalue weighted by Gasteiger charge is 2.15. The van der Waals surface area contributed by atoms with Gasteiger partial charge in [0.2, 0.25) is 0 Å². The van der Waals surface area contributed by atoms with E-state index in [9.17, 15) is 4.79 Å². The molecule has 160 valence electrons. The van der Waals surface area contributed by atoms with Gasteiger partial charge in [-0.3, -0.25) is 4.79 Å². The number of nitrogens with zero attached hydrogens (tertiary/aromatic N) is 1. The predicted octanol–water partition coefficient (Wildman–Crippen LogP) is 5.79. The predicted molar refractivity (Wildman–Crippen MR) is 126 cm³/mol. The van der Waals surface area contributed by atoms with Crippen LogP contribution in [0.15, 0.2) is 77.7 Å². The molecular weight excluding hydrogens is 406 g/mol. The topological polar surface area (TPSA) is 49.8 Å². The third kappa shape index (κ3) is 6.05. The number of hydrogen-bond acceptors (Lipinski definition) is 4. The van der Waals surface area contributed by atoms with Crippen LogP contribution in [-0.4, -0.2) is 23.4 Å². The minimum atomic E-state index is -0.775. The summed E-state index contributed by atoms with van der Waals surface area (Å²) in [4.78, 5) is 14.5. The van der Waals surface area contributed by atoms with E-state index in [1.807, 2.05) is 36.0 Å². The summed E-state index contributed by atoms with van der Waals surface area (Å²) in [6.45, 7) is 2.51. The molecule has 0 bridgehead atoms. The molecule has 1 aliphatic rings. The first-order valence-corrected chi connectivity index (χ1v) is 11.6. The number of ether oxygens (including phenoxy) is 1. The first-order chi connectivity index (χ1) is 15.2. The summed E-state index contributed by atoms with van der Waals surface area (Å²) >= 11 is 1.95. The summed E-state index contributed by atoms with van der Waals surface area (Å²) in [5.41, 5.74) is 4.77. The van der Waals surface area contributed by atoms with Crippen LogP contribution in [0.5, 0.6) is 5.75 Å². The standard InChI is InChI=1S/C26H27NO3S/c28-26(29)15-12-20-10-13-23(14-11-20)30-19-22-8-6-21(7-9-22)18-27-16-3-17-31-25-5-2-1-4-24(25)27/h1-2,4-11,13-14H,3,12,15-19H2,(H,28,29). The Hall–Kier alpha value is -2.92. The number of carbonyl (C=O) groups is 1. The molecule has 31 heavy (non-hydrogen) atoms. The maximum atomic E-state index is 10.7. The molecule has 0 saturated carbocycles. The number of carboxylic acids is 1. The van der Waals surface area contributed by atoms with Crippen molar-refractivity contribution >= 4 is 23.4 Å². The minimum absolute atomic E-state index is 0.147. The molecule has 4 rings (SSSR count). The maximum absolute atomic E-state index is 10.7. The molecule has 1 aliphatic heterocycles. The Morgan fingerprint density at radius 1 is 0.935 bits per heavy atom. The molecule has 1 heterocycles. The molecule has 0 unspecified atom stereocenters. The summed E-state index contributed by atoms with van der Waals surface area (Å²) in [6.07, 6.45) is 1.88. The molecule has 1 N–H and O–H groups in total. The second-order valence-electron chi connectivity index (χ2n) is 7.73. The average Bonchev–Trinajstić information content (AvgIpc) is 3.00. The van der Waals surface area contributed by atoms with Crippen molar-refractivity contribution in [1.29, 1.82) is 0 Å². The molecule has 0 saturated heterocycles. The Kier molecular flexibility index (Phi) is 7.15. The summed E-state index contributed by atoms with van der Waals surface area (Å²) in [7, 11) is 0. The van der Waals surface area contributed by atoms with E-state index in [1.165, 1.54) is 28.3 Å². The van der Waals surface area contributed by atoms with Crippen molar-refractivity contribution < 1.29 is 14.6 Å². The van der Waals surface area contributed by atoms with Gasteiger partial charge in [0, 0.05) is 24.4 Å². The highest BCUT2D eigenvalue weighted by Crippen LogP contribution is 2.34. The van der Waals surface area contributed by atoms with Crippen LogP contribution in [-0.2, 0) is 24.4 Å². The number of fused-ring (bicyclic) bond motifs is 1. The van der Waals surface area contributed by atoms with E-state index in [-0.39, 0.29) is 6.42 Å². The van der Waals surface area contributed by atoms with Gasteiger partial charge in [0.05, 0.1) is 5.69 Å². The molecule has 0 fully saturated rings. The summed E-state index contributed by atoms with van der Waals surface area (Å²) in [5.74, 6) is 1.19. The Morgan fingerprint density at radius 2 is 1.65 bits per heavy atom. The lowest BCUT2D eigenvalue weighted by atomic mass is 10.1. The number of thioether (sulfide) groups is 1. The summed E-state index contributed by atoms with van der Waals surface area (Å²) in [5, 5.41) is 8.78. The summed E-state index contributed by atoms with van der Waals surface area (Å²) < 4.78 is 5.90. The molecule has 0 aromatic heterocycles. The van der Waals surface area contributed by atoms with Crippen molar-refractivity contribution in [2.24, 2.45) is 0 Å². The van der Waals surface area contributed by atoms with E-state index >= 15 is 0 Å². The van der Waals surface area contributed by atoms with Crippen LogP contribution in [0.3, 0.4) is 0 Å².